The Morgan fingerprint density at radius 2 is 2.00 bits per heavy atom. The number of carboxylic acid groups (broad SMARTS) is 1. The molecule has 0 aliphatic carbocycles. The van der Waals surface area contributed by atoms with Gasteiger partial charge in [-0.05, 0) is 18.1 Å². The molecular weight excluding hydrogens is 266 g/mol. The first-order chi connectivity index (χ1) is 9.88. The minimum atomic E-state index is -0.940. The van der Waals surface area contributed by atoms with Crippen molar-refractivity contribution in [2.75, 3.05) is 11.4 Å². The first-order valence-electron chi connectivity index (χ1n) is 7.07. The molecule has 110 valence electrons. The summed E-state index contributed by atoms with van der Waals surface area (Å²) in [6.45, 7) is 6.67. The molecule has 1 aliphatic rings. The molecule has 1 aliphatic heterocycles. The number of carbonyl (C=O) groups is 1. The molecule has 21 heavy (non-hydrogen) atoms. The van der Waals surface area contributed by atoms with Gasteiger partial charge in [0.25, 0.3) is 0 Å². The van der Waals surface area contributed by atoms with Gasteiger partial charge in [-0.3, -0.25) is 4.90 Å². The molecule has 2 heterocycles. The highest BCUT2D eigenvalue weighted by Gasteiger charge is 2.28. The summed E-state index contributed by atoms with van der Waals surface area (Å²) in [5.41, 5.74) is 2.84. The van der Waals surface area contributed by atoms with E-state index in [0.717, 1.165) is 16.9 Å². The number of hydrogen-bond donors (Lipinski definition) is 1. The zero-order valence-corrected chi connectivity index (χ0v) is 12.5. The Morgan fingerprint density at radius 1 is 1.29 bits per heavy atom. The Kier molecular flexibility index (Phi) is 3.01. The number of amides is 1. The number of nitrogens with zero attached hydrogens (tertiary/aromatic N) is 3. The summed E-state index contributed by atoms with van der Waals surface area (Å²) in [6.07, 6.45) is -0.249. The van der Waals surface area contributed by atoms with Crippen LogP contribution in [0.15, 0.2) is 30.3 Å². The van der Waals surface area contributed by atoms with Crippen molar-refractivity contribution in [1.82, 2.24) is 9.78 Å². The van der Waals surface area contributed by atoms with Crippen molar-refractivity contribution in [3.63, 3.8) is 0 Å². The largest absolute Gasteiger partial charge is 0.465 e. The molecule has 0 saturated heterocycles. The molecular formula is C16H19N3O2. The molecule has 0 spiro atoms. The van der Waals surface area contributed by atoms with Crippen LogP contribution in [-0.4, -0.2) is 27.5 Å². The summed E-state index contributed by atoms with van der Waals surface area (Å²) in [6, 6.07) is 9.84. The van der Waals surface area contributed by atoms with E-state index in [4.69, 9.17) is 0 Å². The Hall–Kier alpha value is -2.30. The van der Waals surface area contributed by atoms with Crippen LogP contribution in [0.2, 0.25) is 0 Å². The average Bonchev–Trinajstić information content (AvgIpc) is 2.78. The monoisotopic (exact) mass is 285 g/mol. The molecule has 0 radical (unpaired) electrons. The topological polar surface area (TPSA) is 58.4 Å². The van der Waals surface area contributed by atoms with Crippen LogP contribution >= 0.6 is 0 Å². The Balaban J connectivity index is 2.24. The number of hydrogen-bond acceptors (Lipinski definition) is 2. The van der Waals surface area contributed by atoms with Gasteiger partial charge in [-0.1, -0.05) is 39.0 Å². The lowest BCUT2D eigenvalue weighted by atomic mass is 9.92. The number of anilines is 1. The third-order valence-electron chi connectivity index (χ3n) is 3.79. The minimum absolute atomic E-state index is 0.127. The molecule has 0 saturated carbocycles. The van der Waals surface area contributed by atoms with Gasteiger partial charge in [-0.2, -0.15) is 5.10 Å². The van der Waals surface area contributed by atoms with Gasteiger partial charge < -0.3 is 5.11 Å². The first-order valence-corrected chi connectivity index (χ1v) is 7.07. The molecule has 3 rings (SSSR count). The van der Waals surface area contributed by atoms with E-state index in [-0.39, 0.29) is 5.41 Å². The minimum Gasteiger partial charge on any atom is -0.465 e. The fourth-order valence-corrected chi connectivity index (χ4v) is 2.58. The molecule has 1 N–H and O–H groups in total. The molecule has 0 unspecified atom stereocenters. The normalized spacial score (nSPS) is 14.3. The predicted octanol–water partition coefficient (Wildman–Crippen LogP) is 3.21. The van der Waals surface area contributed by atoms with E-state index in [2.05, 4.69) is 25.9 Å². The van der Waals surface area contributed by atoms with E-state index in [9.17, 15) is 9.90 Å². The van der Waals surface area contributed by atoms with E-state index < -0.39 is 6.09 Å². The van der Waals surface area contributed by atoms with Crippen LogP contribution in [-0.2, 0) is 11.8 Å². The molecule has 2 aromatic rings. The van der Waals surface area contributed by atoms with Crippen molar-refractivity contribution in [3.05, 3.63) is 41.6 Å². The predicted molar refractivity (Wildman–Crippen MR) is 81.3 cm³/mol. The van der Waals surface area contributed by atoms with E-state index >= 15 is 0 Å². The second-order valence-electron chi connectivity index (χ2n) is 6.36. The number of para-hydroxylation sites is 1. The van der Waals surface area contributed by atoms with Crippen LogP contribution in [0.1, 0.15) is 32.0 Å². The van der Waals surface area contributed by atoms with Gasteiger partial charge in [0.05, 0.1) is 11.4 Å². The lowest BCUT2D eigenvalue weighted by Gasteiger charge is -2.16. The summed E-state index contributed by atoms with van der Waals surface area (Å²) in [5, 5.41) is 14.2. The second-order valence-corrected chi connectivity index (χ2v) is 6.36. The summed E-state index contributed by atoms with van der Waals surface area (Å²) in [5.74, 6) is 0.623. The highest BCUT2D eigenvalue weighted by atomic mass is 16.4. The Morgan fingerprint density at radius 3 is 2.67 bits per heavy atom. The average molecular weight is 285 g/mol. The van der Waals surface area contributed by atoms with Crippen molar-refractivity contribution in [2.24, 2.45) is 0 Å². The van der Waals surface area contributed by atoms with Crippen molar-refractivity contribution in [3.8, 4) is 5.69 Å². The summed E-state index contributed by atoms with van der Waals surface area (Å²) >= 11 is 0. The maximum absolute atomic E-state index is 11.6. The van der Waals surface area contributed by atoms with Crippen molar-refractivity contribution in [2.45, 2.75) is 32.6 Å². The molecule has 0 fully saturated rings. The SMILES string of the molecule is CC(C)(C)c1cc2n(n1)-c1ccccc1CCN2C(=O)O. The zero-order chi connectivity index (χ0) is 15.2. The molecule has 1 aromatic heterocycles. The quantitative estimate of drug-likeness (QED) is 0.808. The number of aromatic nitrogens is 2. The molecule has 5 heteroatoms. The van der Waals surface area contributed by atoms with Gasteiger partial charge in [0, 0.05) is 18.0 Å². The van der Waals surface area contributed by atoms with Crippen molar-refractivity contribution in [1.29, 1.82) is 0 Å². The number of fused-ring (bicyclic) bond motifs is 3. The van der Waals surface area contributed by atoms with E-state index in [0.29, 0.717) is 18.8 Å². The van der Waals surface area contributed by atoms with Crippen LogP contribution in [0.5, 0.6) is 0 Å². The lowest BCUT2D eigenvalue weighted by Crippen LogP contribution is -2.31. The maximum atomic E-state index is 11.6. The summed E-state index contributed by atoms with van der Waals surface area (Å²) in [7, 11) is 0. The summed E-state index contributed by atoms with van der Waals surface area (Å²) in [4.78, 5) is 12.9. The van der Waals surface area contributed by atoms with Crippen LogP contribution < -0.4 is 4.90 Å². The Labute approximate surface area is 123 Å². The molecule has 5 nitrogen and oxygen atoms in total. The first kappa shape index (κ1) is 13.7. The third-order valence-corrected chi connectivity index (χ3v) is 3.79. The fraction of sp³-hybridized carbons (Fsp3) is 0.375. The van der Waals surface area contributed by atoms with Gasteiger partial charge in [0.15, 0.2) is 0 Å². The van der Waals surface area contributed by atoms with Crippen LogP contribution in [0.25, 0.3) is 5.69 Å². The highest BCUT2D eigenvalue weighted by molar-refractivity contribution is 5.86. The van der Waals surface area contributed by atoms with E-state index in [1.54, 1.807) is 4.68 Å². The fourth-order valence-electron chi connectivity index (χ4n) is 2.58. The van der Waals surface area contributed by atoms with E-state index in [1.165, 1.54) is 4.90 Å². The molecule has 0 bridgehead atoms. The maximum Gasteiger partial charge on any atom is 0.413 e. The zero-order valence-electron chi connectivity index (χ0n) is 12.5. The van der Waals surface area contributed by atoms with Gasteiger partial charge in [0.1, 0.15) is 5.82 Å². The van der Waals surface area contributed by atoms with Gasteiger partial charge in [-0.15, -0.1) is 0 Å². The molecule has 1 amide bonds. The lowest BCUT2D eigenvalue weighted by molar-refractivity contribution is 0.201. The van der Waals surface area contributed by atoms with Crippen molar-refractivity contribution >= 4 is 11.9 Å². The Bertz CT molecular complexity index is 698. The number of benzene rings is 1. The van der Waals surface area contributed by atoms with Crippen LogP contribution in [0.3, 0.4) is 0 Å². The van der Waals surface area contributed by atoms with E-state index in [1.807, 2.05) is 30.3 Å². The smallest absolute Gasteiger partial charge is 0.413 e. The van der Waals surface area contributed by atoms with Crippen molar-refractivity contribution < 1.29 is 9.90 Å². The van der Waals surface area contributed by atoms with Crippen LogP contribution in [0.4, 0.5) is 10.6 Å². The highest BCUT2D eigenvalue weighted by Crippen LogP contribution is 2.31. The molecule has 0 atom stereocenters. The molecule has 1 aromatic carbocycles. The standard InChI is InChI=1S/C16H19N3O2/c1-16(2,3)13-10-14-18(15(20)21)9-8-11-6-4-5-7-12(11)19(14)17-13/h4-7,10H,8-9H2,1-3H3,(H,20,21). The van der Waals surface area contributed by atoms with Gasteiger partial charge in [0.2, 0.25) is 0 Å². The van der Waals surface area contributed by atoms with Gasteiger partial charge in [-0.25, -0.2) is 9.48 Å². The third kappa shape index (κ3) is 2.28. The second kappa shape index (κ2) is 4.62. The van der Waals surface area contributed by atoms with Gasteiger partial charge >= 0.3 is 6.09 Å². The summed E-state index contributed by atoms with van der Waals surface area (Å²) < 4.78 is 1.76. The number of rotatable bonds is 0. The van der Waals surface area contributed by atoms with Crippen LogP contribution in [0, 0.1) is 0 Å².